The lowest BCUT2D eigenvalue weighted by molar-refractivity contribution is -0.117. The summed E-state index contributed by atoms with van der Waals surface area (Å²) in [6.45, 7) is 3.39. The van der Waals surface area contributed by atoms with Gasteiger partial charge in [-0.2, -0.15) is 0 Å². The highest BCUT2D eigenvalue weighted by Crippen LogP contribution is 2.34. The number of anilines is 1. The van der Waals surface area contributed by atoms with Crippen molar-refractivity contribution < 1.29 is 9.32 Å². The van der Waals surface area contributed by atoms with Crippen molar-refractivity contribution in [2.24, 2.45) is 5.92 Å². The zero-order valence-electron chi connectivity index (χ0n) is 16.9. The molecule has 0 radical (unpaired) electrons. The third kappa shape index (κ3) is 3.67. The van der Waals surface area contributed by atoms with Gasteiger partial charge >= 0.3 is 0 Å². The number of likely N-dealkylation sites (tertiary alicyclic amines) is 1. The van der Waals surface area contributed by atoms with E-state index in [-0.39, 0.29) is 5.91 Å². The van der Waals surface area contributed by atoms with E-state index >= 15 is 0 Å². The summed E-state index contributed by atoms with van der Waals surface area (Å²) in [7, 11) is 1.84. The molecule has 0 unspecified atom stereocenters. The van der Waals surface area contributed by atoms with Crippen LogP contribution in [0, 0.1) is 5.92 Å². The molecule has 0 saturated carbocycles. The number of likely N-dealkylation sites (N-methyl/N-ethyl adjacent to an activating group) is 1. The summed E-state index contributed by atoms with van der Waals surface area (Å²) in [5, 5.41) is 5.41. The summed E-state index contributed by atoms with van der Waals surface area (Å²) in [4.78, 5) is 16.3. The zero-order valence-corrected chi connectivity index (χ0v) is 16.9. The molecule has 3 heterocycles. The summed E-state index contributed by atoms with van der Waals surface area (Å²) in [6.07, 6.45) is 5.03. The fourth-order valence-corrected chi connectivity index (χ4v) is 4.73. The molecule has 3 aromatic rings. The highest BCUT2D eigenvalue weighted by atomic mass is 16.5. The Morgan fingerprint density at radius 3 is 2.72 bits per heavy atom. The topological polar surface area (TPSA) is 49.6 Å². The SMILES string of the molecule is CN1C(=O)Cc2cc3onc(CCC4CCN(Cc5ccccc5)CC4)c3cc21. The van der Waals surface area contributed by atoms with Gasteiger partial charge in [0.25, 0.3) is 0 Å². The predicted molar refractivity (Wildman–Crippen MR) is 114 cm³/mol. The minimum Gasteiger partial charge on any atom is -0.356 e. The Bertz CT molecular complexity index is 1020. The molecule has 0 spiro atoms. The standard InChI is InChI=1S/C24H27N3O2/c1-26-22-15-20-21(25-29-23(20)13-19(22)14-24(26)28)8-7-17-9-11-27(12-10-17)16-18-5-3-2-4-6-18/h2-6,13,15,17H,7-12,14,16H2,1H3. The van der Waals surface area contributed by atoms with E-state index in [0.717, 1.165) is 53.2 Å². The Morgan fingerprint density at radius 2 is 1.93 bits per heavy atom. The molecular weight excluding hydrogens is 362 g/mol. The van der Waals surface area contributed by atoms with Gasteiger partial charge in [0.2, 0.25) is 5.91 Å². The van der Waals surface area contributed by atoms with Gasteiger partial charge < -0.3 is 9.42 Å². The number of carbonyl (C=O) groups excluding carboxylic acids is 1. The smallest absolute Gasteiger partial charge is 0.231 e. The normalized spacial score (nSPS) is 18.0. The van der Waals surface area contributed by atoms with Crippen LogP contribution in [0.25, 0.3) is 11.0 Å². The molecule has 5 rings (SSSR count). The Kier molecular flexibility index (Phi) is 4.84. The van der Waals surface area contributed by atoms with Gasteiger partial charge in [0.05, 0.1) is 12.1 Å². The number of benzene rings is 2. The van der Waals surface area contributed by atoms with Crippen molar-refractivity contribution in [1.82, 2.24) is 10.1 Å². The second-order valence-electron chi connectivity index (χ2n) is 8.48. The Balaban J connectivity index is 1.19. The lowest BCUT2D eigenvalue weighted by Crippen LogP contribution is -2.33. The molecule has 1 fully saturated rings. The number of amides is 1. The molecule has 1 saturated heterocycles. The van der Waals surface area contributed by atoms with Gasteiger partial charge in [-0.3, -0.25) is 9.69 Å². The minimum absolute atomic E-state index is 0.143. The van der Waals surface area contributed by atoms with Gasteiger partial charge in [0.1, 0.15) is 0 Å². The molecule has 0 bridgehead atoms. The number of carbonyl (C=O) groups is 1. The molecule has 1 amide bonds. The Labute approximate surface area is 171 Å². The van der Waals surface area contributed by atoms with Gasteiger partial charge in [0.15, 0.2) is 5.58 Å². The quantitative estimate of drug-likeness (QED) is 0.656. The van der Waals surface area contributed by atoms with Crippen LogP contribution >= 0.6 is 0 Å². The first-order valence-corrected chi connectivity index (χ1v) is 10.6. The number of rotatable bonds is 5. The van der Waals surface area contributed by atoms with Crippen molar-refractivity contribution in [1.29, 1.82) is 0 Å². The van der Waals surface area contributed by atoms with E-state index in [1.165, 1.54) is 31.5 Å². The molecule has 5 heteroatoms. The van der Waals surface area contributed by atoms with Gasteiger partial charge in [-0.15, -0.1) is 0 Å². The van der Waals surface area contributed by atoms with Gasteiger partial charge in [-0.1, -0.05) is 35.5 Å². The van der Waals surface area contributed by atoms with Crippen LogP contribution in [0.1, 0.15) is 36.1 Å². The van der Waals surface area contributed by atoms with Gasteiger partial charge in [-0.05, 0) is 68.0 Å². The summed E-state index contributed by atoms with van der Waals surface area (Å²) in [5.74, 6) is 0.886. The predicted octanol–water partition coefficient (Wildman–Crippen LogP) is 4.19. The molecule has 0 aliphatic carbocycles. The minimum atomic E-state index is 0.143. The van der Waals surface area contributed by atoms with Gasteiger partial charge in [-0.25, -0.2) is 0 Å². The Morgan fingerprint density at radius 1 is 1.14 bits per heavy atom. The largest absolute Gasteiger partial charge is 0.356 e. The van der Waals surface area contributed by atoms with Crippen molar-refractivity contribution in [2.75, 3.05) is 25.0 Å². The lowest BCUT2D eigenvalue weighted by atomic mass is 9.91. The highest BCUT2D eigenvalue weighted by molar-refractivity contribution is 6.03. The van der Waals surface area contributed by atoms with Gasteiger partial charge in [0, 0.05) is 24.7 Å². The molecular formula is C24H27N3O2. The number of fused-ring (bicyclic) bond motifs is 2. The maximum absolute atomic E-state index is 12.0. The fourth-order valence-electron chi connectivity index (χ4n) is 4.73. The maximum Gasteiger partial charge on any atom is 0.231 e. The van der Waals surface area contributed by atoms with Crippen molar-refractivity contribution in [2.45, 2.75) is 38.6 Å². The second kappa shape index (κ2) is 7.64. The molecule has 0 N–H and O–H groups in total. The molecule has 5 nitrogen and oxygen atoms in total. The van der Waals surface area contributed by atoms with E-state index in [0.29, 0.717) is 6.42 Å². The molecule has 2 aromatic carbocycles. The highest BCUT2D eigenvalue weighted by Gasteiger charge is 2.26. The maximum atomic E-state index is 12.0. The lowest BCUT2D eigenvalue weighted by Gasteiger charge is -2.32. The van der Waals surface area contributed by atoms with Crippen molar-refractivity contribution in [3.63, 3.8) is 0 Å². The van der Waals surface area contributed by atoms with E-state index in [2.05, 4.69) is 46.5 Å². The first-order valence-electron chi connectivity index (χ1n) is 10.6. The molecule has 0 atom stereocenters. The molecule has 2 aliphatic rings. The zero-order chi connectivity index (χ0) is 19.8. The van der Waals surface area contributed by atoms with Crippen molar-refractivity contribution in [3.8, 4) is 0 Å². The van der Waals surface area contributed by atoms with Crippen LogP contribution < -0.4 is 4.90 Å². The van der Waals surface area contributed by atoms with Crippen LogP contribution in [0.15, 0.2) is 47.0 Å². The number of nitrogens with zero attached hydrogens (tertiary/aromatic N) is 3. The van der Waals surface area contributed by atoms with Crippen LogP contribution in [-0.4, -0.2) is 36.1 Å². The number of aryl methyl sites for hydroxylation is 1. The van der Waals surface area contributed by atoms with Crippen molar-refractivity contribution >= 4 is 22.6 Å². The first-order chi connectivity index (χ1) is 14.2. The van der Waals surface area contributed by atoms with E-state index in [1.54, 1.807) is 4.90 Å². The number of hydrogen-bond donors (Lipinski definition) is 0. The first kappa shape index (κ1) is 18.4. The average molecular weight is 389 g/mol. The number of hydrogen-bond acceptors (Lipinski definition) is 4. The number of aromatic nitrogens is 1. The molecule has 1 aromatic heterocycles. The Hall–Kier alpha value is -2.66. The molecule has 29 heavy (non-hydrogen) atoms. The number of piperidine rings is 1. The van der Waals surface area contributed by atoms with Crippen LogP contribution in [0.4, 0.5) is 5.69 Å². The average Bonchev–Trinajstić information content (AvgIpc) is 3.26. The van der Waals surface area contributed by atoms with Crippen LogP contribution in [0.3, 0.4) is 0 Å². The van der Waals surface area contributed by atoms with E-state index in [9.17, 15) is 4.79 Å². The summed E-state index contributed by atoms with van der Waals surface area (Å²) in [5.41, 5.74) is 5.28. The fraction of sp³-hybridized carbons (Fsp3) is 0.417. The van der Waals surface area contributed by atoms with Crippen LogP contribution in [-0.2, 0) is 24.2 Å². The van der Waals surface area contributed by atoms with E-state index < -0.39 is 0 Å². The van der Waals surface area contributed by atoms with E-state index in [1.807, 2.05) is 13.1 Å². The van der Waals surface area contributed by atoms with E-state index in [4.69, 9.17) is 4.52 Å². The van der Waals surface area contributed by atoms with Crippen LogP contribution in [0.5, 0.6) is 0 Å². The summed E-state index contributed by atoms with van der Waals surface area (Å²) < 4.78 is 5.58. The van der Waals surface area contributed by atoms with Crippen LogP contribution in [0.2, 0.25) is 0 Å². The van der Waals surface area contributed by atoms with Crippen molar-refractivity contribution in [3.05, 3.63) is 59.3 Å². The second-order valence-corrected chi connectivity index (χ2v) is 8.48. The monoisotopic (exact) mass is 389 g/mol. The third-order valence-electron chi connectivity index (χ3n) is 6.57. The third-order valence-corrected chi connectivity index (χ3v) is 6.57. The molecule has 2 aliphatic heterocycles. The molecule has 150 valence electrons. The summed E-state index contributed by atoms with van der Waals surface area (Å²) >= 11 is 0. The summed E-state index contributed by atoms with van der Waals surface area (Å²) in [6, 6.07) is 14.8.